The van der Waals surface area contributed by atoms with E-state index in [1.54, 1.807) is 0 Å². The molecule has 0 amide bonds. The zero-order chi connectivity index (χ0) is 44.0. The van der Waals surface area contributed by atoms with Crippen LogP contribution in [0.3, 0.4) is 0 Å². The second kappa shape index (κ2) is 18.1. The summed E-state index contributed by atoms with van der Waals surface area (Å²) in [7, 11) is 0. The van der Waals surface area contributed by atoms with Gasteiger partial charge >= 0.3 is 0 Å². The van der Waals surface area contributed by atoms with E-state index in [0.717, 1.165) is 79.4 Å². The molecule has 6 aromatic carbocycles. The van der Waals surface area contributed by atoms with Crippen molar-refractivity contribution in [2.75, 3.05) is 21.3 Å². The summed E-state index contributed by atoms with van der Waals surface area (Å²) in [5.41, 5.74) is 9.44. The molecule has 0 saturated carbocycles. The third kappa shape index (κ3) is 9.62. The van der Waals surface area contributed by atoms with Crippen molar-refractivity contribution in [2.24, 2.45) is 0 Å². The Labute approximate surface area is 345 Å². The Kier molecular flexibility index (Phi) is 13.1. The topological polar surface area (TPSA) is 221 Å². The van der Waals surface area contributed by atoms with Gasteiger partial charge in [0.15, 0.2) is 0 Å². The van der Waals surface area contributed by atoms with Crippen LogP contribution in [-0.2, 0) is 0 Å². The summed E-state index contributed by atoms with van der Waals surface area (Å²) in [6.45, 7) is 15.1. The minimum Gasteiger partial charge on any atom is -0.349 e. The number of para-hydroxylation sites is 4. The van der Waals surface area contributed by atoms with Gasteiger partial charge < -0.3 is 21.3 Å². The Hall–Kier alpha value is -7.88. The average molecular weight is 813 g/mol. The van der Waals surface area contributed by atoms with Crippen LogP contribution in [0, 0.1) is 95.8 Å². The van der Waals surface area contributed by atoms with Gasteiger partial charge in [-0.25, -0.2) is 0 Å². The van der Waals surface area contributed by atoms with Crippen molar-refractivity contribution in [3.63, 3.8) is 0 Å². The number of hydrogen-bond donors (Lipinski definition) is 4. The van der Waals surface area contributed by atoms with Crippen LogP contribution in [0.2, 0.25) is 0 Å². The lowest BCUT2D eigenvalue weighted by atomic mass is 10.1. The van der Waals surface area contributed by atoms with E-state index in [1.165, 1.54) is 12.1 Å². The van der Waals surface area contributed by atoms with E-state index in [9.17, 15) is 40.5 Å². The molecule has 6 rings (SSSR count). The summed E-state index contributed by atoms with van der Waals surface area (Å²) >= 11 is 0. The van der Waals surface area contributed by atoms with Gasteiger partial charge in [-0.3, -0.25) is 40.5 Å². The molecule has 6 aromatic rings. The van der Waals surface area contributed by atoms with Gasteiger partial charge in [-0.1, -0.05) is 72.8 Å². The highest BCUT2D eigenvalue weighted by Gasteiger charge is 2.27. The molecular formula is C44H44N8O8. The zero-order valence-electron chi connectivity index (χ0n) is 34.3. The maximum atomic E-state index is 11.7. The first kappa shape index (κ1) is 43.2. The second-order valence-electron chi connectivity index (χ2n) is 14.4. The number of hydrogen-bond acceptors (Lipinski definition) is 12. The third-order valence-corrected chi connectivity index (χ3v) is 9.98. The standard InChI is InChI=1S/2C22H22N4O4/c2*1-13-7-5-8-14(2)21(13)23-17-11-18(20(26(29)30)12-19(17)25(27)28)24-22-15(3)9-6-10-16(22)4/h2*5-12,23-24H,1-4H3. The van der Waals surface area contributed by atoms with Crippen LogP contribution in [-0.4, -0.2) is 19.7 Å². The van der Waals surface area contributed by atoms with Crippen molar-refractivity contribution >= 4 is 68.2 Å². The lowest BCUT2D eigenvalue weighted by Gasteiger charge is -2.16. The van der Waals surface area contributed by atoms with Gasteiger partial charge in [-0.05, 0) is 112 Å². The Balaban J connectivity index is 0.000000228. The van der Waals surface area contributed by atoms with E-state index >= 15 is 0 Å². The van der Waals surface area contributed by atoms with Crippen molar-refractivity contribution in [1.29, 1.82) is 0 Å². The smallest absolute Gasteiger partial charge is 0.299 e. The van der Waals surface area contributed by atoms with Crippen molar-refractivity contribution in [3.05, 3.63) is 182 Å². The van der Waals surface area contributed by atoms with Crippen LogP contribution >= 0.6 is 0 Å². The number of anilines is 8. The highest BCUT2D eigenvalue weighted by Crippen LogP contribution is 2.42. The summed E-state index contributed by atoms with van der Waals surface area (Å²) in [5, 5.41) is 59.1. The van der Waals surface area contributed by atoms with Crippen molar-refractivity contribution in [2.45, 2.75) is 55.4 Å². The summed E-state index contributed by atoms with van der Waals surface area (Å²) in [6, 6.07) is 27.6. The molecule has 16 nitrogen and oxygen atoms in total. The van der Waals surface area contributed by atoms with Crippen LogP contribution in [0.1, 0.15) is 44.5 Å². The molecule has 16 heteroatoms. The molecule has 0 aliphatic rings. The Morgan fingerprint density at radius 3 is 0.633 bits per heavy atom. The molecule has 308 valence electrons. The third-order valence-electron chi connectivity index (χ3n) is 9.98. The maximum absolute atomic E-state index is 11.7. The van der Waals surface area contributed by atoms with Gasteiger partial charge in [-0.2, -0.15) is 0 Å². The average Bonchev–Trinajstić information content (AvgIpc) is 3.17. The highest BCUT2D eigenvalue weighted by molar-refractivity contribution is 5.85. The summed E-state index contributed by atoms with van der Waals surface area (Å²) in [4.78, 5) is 44.2. The van der Waals surface area contributed by atoms with Gasteiger partial charge in [0, 0.05) is 22.7 Å². The van der Waals surface area contributed by atoms with E-state index in [0.29, 0.717) is 0 Å². The molecule has 0 aliphatic carbocycles. The molecule has 0 saturated heterocycles. The van der Waals surface area contributed by atoms with E-state index in [2.05, 4.69) is 21.3 Å². The predicted molar refractivity (Wildman–Crippen MR) is 236 cm³/mol. The number of rotatable bonds is 12. The molecule has 60 heavy (non-hydrogen) atoms. The molecule has 4 N–H and O–H groups in total. The SMILES string of the molecule is Cc1cccc(C)c1Nc1cc(Nc2c(C)cccc2C)c([N+](=O)[O-])cc1[N+](=O)[O-].Cc1cccc(C)c1Nc1cc(Nc2c(C)cccc2C)c([N+](=O)[O-])cc1[N+](=O)[O-]. The first-order valence-electron chi connectivity index (χ1n) is 18.6. The maximum Gasteiger partial charge on any atom is 0.299 e. The number of nitrogens with one attached hydrogen (secondary N) is 4. The minimum atomic E-state index is -0.619. The number of benzene rings is 6. The fourth-order valence-electron chi connectivity index (χ4n) is 6.74. The van der Waals surface area contributed by atoms with E-state index in [1.807, 2.05) is 128 Å². The Bertz CT molecular complexity index is 2240. The first-order valence-corrected chi connectivity index (χ1v) is 18.6. The summed E-state index contributed by atoms with van der Waals surface area (Å²) < 4.78 is 0. The number of nitro groups is 4. The molecule has 0 aliphatic heterocycles. The van der Waals surface area contributed by atoms with Crippen molar-refractivity contribution in [3.8, 4) is 0 Å². The monoisotopic (exact) mass is 812 g/mol. The lowest BCUT2D eigenvalue weighted by Crippen LogP contribution is -2.05. The molecule has 0 spiro atoms. The van der Waals surface area contributed by atoms with Crippen molar-refractivity contribution in [1.82, 2.24) is 0 Å². The van der Waals surface area contributed by atoms with Crippen molar-refractivity contribution < 1.29 is 19.7 Å². The Morgan fingerprint density at radius 1 is 0.317 bits per heavy atom. The van der Waals surface area contributed by atoms with Crippen LogP contribution in [0.5, 0.6) is 0 Å². The molecule has 0 heterocycles. The van der Waals surface area contributed by atoms with E-state index in [4.69, 9.17) is 0 Å². The van der Waals surface area contributed by atoms with Crippen LogP contribution in [0.15, 0.2) is 97.1 Å². The number of nitrogens with zero attached hydrogens (tertiary/aromatic N) is 4. The fraction of sp³-hybridized carbons (Fsp3) is 0.182. The van der Waals surface area contributed by atoms with E-state index in [-0.39, 0.29) is 45.5 Å². The van der Waals surface area contributed by atoms with E-state index < -0.39 is 19.7 Å². The van der Waals surface area contributed by atoms with Crippen LogP contribution in [0.4, 0.5) is 68.2 Å². The highest BCUT2D eigenvalue weighted by atomic mass is 16.6. The van der Waals surface area contributed by atoms with Crippen LogP contribution in [0.25, 0.3) is 0 Å². The predicted octanol–water partition coefficient (Wildman–Crippen LogP) is 12.4. The zero-order valence-corrected chi connectivity index (χ0v) is 34.3. The molecule has 0 unspecified atom stereocenters. The fourth-order valence-corrected chi connectivity index (χ4v) is 6.74. The molecular weight excluding hydrogens is 769 g/mol. The van der Waals surface area contributed by atoms with Gasteiger partial charge in [-0.15, -0.1) is 0 Å². The largest absolute Gasteiger partial charge is 0.349 e. The van der Waals surface area contributed by atoms with Gasteiger partial charge in [0.1, 0.15) is 22.7 Å². The first-order chi connectivity index (χ1) is 28.4. The molecule has 0 atom stereocenters. The second-order valence-corrected chi connectivity index (χ2v) is 14.4. The molecule has 0 radical (unpaired) electrons. The molecule has 0 fully saturated rings. The van der Waals surface area contributed by atoms with Gasteiger partial charge in [0.2, 0.25) is 0 Å². The Morgan fingerprint density at radius 2 is 0.483 bits per heavy atom. The summed E-state index contributed by atoms with van der Waals surface area (Å²) in [5.74, 6) is 0. The number of aryl methyl sites for hydroxylation is 8. The van der Waals surface area contributed by atoms with Gasteiger partial charge in [0.25, 0.3) is 22.7 Å². The lowest BCUT2D eigenvalue weighted by molar-refractivity contribution is -0.393. The normalized spacial score (nSPS) is 10.5. The minimum absolute atomic E-state index is 0.178. The van der Waals surface area contributed by atoms with Gasteiger partial charge in [0.05, 0.1) is 31.8 Å². The quantitative estimate of drug-likeness (QED) is 0.0669. The van der Waals surface area contributed by atoms with Crippen LogP contribution < -0.4 is 21.3 Å². The molecule has 0 bridgehead atoms. The summed E-state index contributed by atoms with van der Waals surface area (Å²) in [6.07, 6.45) is 0. The molecule has 0 aromatic heterocycles. The number of nitro benzene ring substituents is 4.